The second kappa shape index (κ2) is 5.36. The number of hydrogen-bond acceptors (Lipinski definition) is 4. The largest absolute Gasteiger partial charge is 0.348 e. The van der Waals surface area contributed by atoms with Crippen LogP contribution >= 0.6 is 0 Å². The van der Waals surface area contributed by atoms with E-state index >= 15 is 0 Å². The molecule has 19 heavy (non-hydrogen) atoms. The van der Waals surface area contributed by atoms with Crippen LogP contribution in [0.4, 0.5) is 5.82 Å². The van der Waals surface area contributed by atoms with Gasteiger partial charge in [0.25, 0.3) is 0 Å². The molecule has 1 aliphatic rings. The average molecular weight is 254 g/mol. The average Bonchev–Trinajstić information content (AvgIpc) is 2.97. The zero-order valence-corrected chi connectivity index (χ0v) is 10.9. The molecule has 1 aromatic heterocycles. The second-order valence-corrected chi connectivity index (χ2v) is 4.85. The SMILES string of the molecule is NCc1ccnnc1N1CCCC1c1ccccc1. The summed E-state index contributed by atoms with van der Waals surface area (Å²) in [5, 5.41) is 8.32. The van der Waals surface area contributed by atoms with Crippen molar-refractivity contribution in [3.8, 4) is 0 Å². The highest BCUT2D eigenvalue weighted by Crippen LogP contribution is 2.36. The summed E-state index contributed by atoms with van der Waals surface area (Å²) >= 11 is 0. The molecule has 2 aromatic rings. The Morgan fingerprint density at radius 3 is 2.84 bits per heavy atom. The van der Waals surface area contributed by atoms with Crippen molar-refractivity contribution in [2.45, 2.75) is 25.4 Å². The van der Waals surface area contributed by atoms with Gasteiger partial charge in [-0.05, 0) is 24.5 Å². The predicted molar refractivity (Wildman–Crippen MR) is 75.7 cm³/mol. The van der Waals surface area contributed by atoms with Crippen LogP contribution in [-0.2, 0) is 6.54 Å². The molecule has 4 nitrogen and oxygen atoms in total. The summed E-state index contributed by atoms with van der Waals surface area (Å²) in [5.41, 5.74) is 8.22. The second-order valence-electron chi connectivity index (χ2n) is 4.85. The first kappa shape index (κ1) is 12.1. The Hall–Kier alpha value is -1.94. The third-order valence-electron chi connectivity index (χ3n) is 3.71. The van der Waals surface area contributed by atoms with Crippen molar-refractivity contribution in [1.29, 1.82) is 0 Å². The van der Waals surface area contributed by atoms with Crippen molar-refractivity contribution in [3.63, 3.8) is 0 Å². The Morgan fingerprint density at radius 1 is 1.21 bits per heavy atom. The van der Waals surface area contributed by atoms with Crippen molar-refractivity contribution >= 4 is 5.82 Å². The molecular formula is C15H18N4. The third kappa shape index (κ3) is 2.31. The molecule has 0 bridgehead atoms. The molecule has 1 aromatic carbocycles. The first-order valence-electron chi connectivity index (χ1n) is 6.72. The molecule has 1 atom stereocenters. The van der Waals surface area contributed by atoms with Gasteiger partial charge in [-0.15, -0.1) is 5.10 Å². The molecule has 1 saturated heterocycles. The lowest BCUT2D eigenvalue weighted by Gasteiger charge is -2.27. The summed E-state index contributed by atoms with van der Waals surface area (Å²) in [6, 6.07) is 12.9. The standard InChI is InChI=1S/C15H18N4/c16-11-13-8-9-17-18-15(13)19-10-4-7-14(19)12-5-2-1-3-6-12/h1-3,5-6,8-9,14H,4,7,10-11,16H2. The minimum atomic E-state index is 0.392. The first-order valence-corrected chi connectivity index (χ1v) is 6.72. The Morgan fingerprint density at radius 2 is 2.05 bits per heavy atom. The molecule has 0 amide bonds. The smallest absolute Gasteiger partial charge is 0.156 e. The molecule has 1 aliphatic heterocycles. The van der Waals surface area contributed by atoms with Crippen molar-refractivity contribution in [3.05, 3.63) is 53.7 Å². The van der Waals surface area contributed by atoms with Gasteiger partial charge in [-0.2, -0.15) is 5.10 Å². The third-order valence-corrected chi connectivity index (χ3v) is 3.71. The zero-order valence-electron chi connectivity index (χ0n) is 10.9. The molecule has 0 saturated carbocycles. The highest BCUT2D eigenvalue weighted by atomic mass is 15.3. The van der Waals surface area contributed by atoms with Gasteiger partial charge < -0.3 is 10.6 Å². The van der Waals surface area contributed by atoms with Crippen LogP contribution < -0.4 is 10.6 Å². The highest BCUT2D eigenvalue weighted by molar-refractivity contribution is 5.49. The molecule has 4 heteroatoms. The van der Waals surface area contributed by atoms with Crippen molar-refractivity contribution < 1.29 is 0 Å². The van der Waals surface area contributed by atoms with Crippen LogP contribution in [0.2, 0.25) is 0 Å². The van der Waals surface area contributed by atoms with Crippen LogP contribution in [0.1, 0.15) is 30.0 Å². The van der Waals surface area contributed by atoms with E-state index in [0.717, 1.165) is 24.3 Å². The lowest BCUT2D eigenvalue weighted by atomic mass is 10.0. The fraction of sp³-hybridized carbons (Fsp3) is 0.333. The number of benzene rings is 1. The number of aromatic nitrogens is 2. The van der Waals surface area contributed by atoms with E-state index in [2.05, 4.69) is 45.4 Å². The van der Waals surface area contributed by atoms with E-state index in [1.807, 2.05) is 6.07 Å². The number of rotatable bonds is 3. The van der Waals surface area contributed by atoms with E-state index in [4.69, 9.17) is 5.73 Å². The minimum Gasteiger partial charge on any atom is -0.348 e. The summed E-state index contributed by atoms with van der Waals surface area (Å²) in [4.78, 5) is 2.34. The van der Waals surface area contributed by atoms with E-state index in [0.29, 0.717) is 12.6 Å². The molecule has 0 radical (unpaired) electrons. The molecule has 98 valence electrons. The van der Waals surface area contributed by atoms with E-state index in [1.165, 1.54) is 12.0 Å². The fourth-order valence-electron chi connectivity index (χ4n) is 2.79. The minimum absolute atomic E-state index is 0.392. The van der Waals surface area contributed by atoms with Gasteiger partial charge in [-0.1, -0.05) is 30.3 Å². The Kier molecular flexibility index (Phi) is 3.42. The Balaban J connectivity index is 1.95. The van der Waals surface area contributed by atoms with Crippen LogP contribution in [0.25, 0.3) is 0 Å². The summed E-state index contributed by atoms with van der Waals surface area (Å²) in [7, 11) is 0. The van der Waals surface area contributed by atoms with Crippen molar-refractivity contribution in [1.82, 2.24) is 10.2 Å². The van der Waals surface area contributed by atoms with Gasteiger partial charge >= 0.3 is 0 Å². The van der Waals surface area contributed by atoms with Crippen LogP contribution in [0.15, 0.2) is 42.6 Å². The number of hydrogen-bond donors (Lipinski definition) is 1. The fourth-order valence-corrected chi connectivity index (χ4v) is 2.79. The van der Waals surface area contributed by atoms with Crippen molar-refractivity contribution in [2.75, 3.05) is 11.4 Å². The molecule has 3 rings (SSSR count). The molecule has 0 aliphatic carbocycles. The topological polar surface area (TPSA) is 55.0 Å². The molecule has 2 heterocycles. The number of nitrogens with zero attached hydrogens (tertiary/aromatic N) is 3. The van der Waals surface area contributed by atoms with Gasteiger partial charge in [0.05, 0.1) is 12.2 Å². The molecule has 1 fully saturated rings. The van der Waals surface area contributed by atoms with Gasteiger partial charge in [-0.25, -0.2) is 0 Å². The van der Waals surface area contributed by atoms with Crippen molar-refractivity contribution in [2.24, 2.45) is 5.73 Å². The predicted octanol–water partition coefficient (Wildman–Crippen LogP) is 2.28. The highest BCUT2D eigenvalue weighted by Gasteiger charge is 2.28. The summed E-state index contributed by atoms with van der Waals surface area (Å²) in [5.74, 6) is 0.941. The van der Waals surface area contributed by atoms with Crippen LogP contribution in [-0.4, -0.2) is 16.7 Å². The van der Waals surface area contributed by atoms with E-state index in [9.17, 15) is 0 Å². The van der Waals surface area contributed by atoms with Gasteiger partial charge in [0.15, 0.2) is 5.82 Å². The number of anilines is 1. The summed E-state index contributed by atoms with van der Waals surface area (Å²) in [6.45, 7) is 1.52. The maximum Gasteiger partial charge on any atom is 0.156 e. The monoisotopic (exact) mass is 254 g/mol. The molecule has 2 N–H and O–H groups in total. The van der Waals surface area contributed by atoms with E-state index in [-0.39, 0.29) is 0 Å². The van der Waals surface area contributed by atoms with Gasteiger partial charge in [0.1, 0.15) is 0 Å². The molecular weight excluding hydrogens is 236 g/mol. The quantitative estimate of drug-likeness (QED) is 0.913. The maximum atomic E-state index is 5.81. The van der Waals surface area contributed by atoms with Gasteiger partial charge in [0, 0.05) is 18.7 Å². The zero-order chi connectivity index (χ0) is 13.1. The van der Waals surface area contributed by atoms with E-state index in [1.54, 1.807) is 6.20 Å². The maximum absolute atomic E-state index is 5.81. The van der Waals surface area contributed by atoms with E-state index < -0.39 is 0 Å². The normalized spacial score (nSPS) is 18.8. The lowest BCUT2D eigenvalue weighted by Crippen LogP contribution is -2.25. The Bertz CT molecular complexity index is 541. The van der Waals surface area contributed by atoms with Crippen LogP contribution in [0.5, 0.6) is 0 Å². The number of nitrogens with two attached hydrogens (primary N) is 1. The lowest BCUT2D eigenvalue weighted by molar-refractivity contribution is 0.700. The Labute approximate surface area is 113 Å². The van der Waals surface area contributed by atoms with Crippen LogP contribution in [0, 0.1) is 0 Å². The van der Waals surface area contributed by atoms with Gasteiger partial charge in [-0.3, -0.25) is 0 Å². The molecule has 1 unspecified atom stereocenters. The summed E-state index contributed by atoms with van der Waals surface area (Å²) in [6.07, 6.45) is 4.05. The summed E-state index contributed by atoms with van der Waals surface area (Å²) < 4.78 is 0. The van der Waals surface area contributed by atoms with Crippen LogP contribution in [0.3, 0.4) is 0 Å². The van der Waals surface area contributed by atoms with Gasteiger partial charge in [0.2, 0.25) is 0 Å². The first-order chi connectivity index (χ1) is 9.40. The molecule has 0 spiro atoms.